The van der Waals surface area contributed by atoms with Gasteiger partial charge in [0.25, 0.3) is 0 Å². The summed E-state index contributed by atoms with van der Waals surface area (Å²) in [6.45, 7) is 7.89. The lowest BCUT2D eigenvalue weighted by atomic mass is 9.76. The maximum absolute atomic E-state index is 12.0. The van der Waals surface area contributed by atoms with Gasteiger partial charge in [0, 0.05) is 12.2 Å². The van der Waals surface area contributed by atoms with Crippen LogP contribution in [0.1, 0.15) is 44.7 Å². The fourth-order valence-electron chi connectivity index (χ4n) is 3.45. The molecule has 5 heteroatoms. The molecule has 0 unspecified atom stereocenters. The van der Waals surface area contributed by atoms with Gasteiger partial charge in [0.15, 0.2) is 0 Å². The lowest BCUT2D eigenvalue weighted by Crippen LogP contribution is -2.53. The summed E-state index contributed by atoms with van der Waals surface area (Å²) < 4.78 is 11.1. The number of fused-ring (bicyclic) bond motifs is 2. The minimum Gasteiger partial charge on any atom is -0.444 e. The van der Waals surface area contributed by atoms with Crippen molar-refractivity contribution in [1.82, 2.24) is 5.32 Å². The van der Waals surface area contributed by atoms with Gasteiger partial charge in [0.1, 0.15) is 5.60 Å². The first kappa shape index (κ1) is 16.3. The summed E-state index contributed by atoms with van der Waals surface area (Å²) in [4.78, 5) is 12.0. The van der Waals surface area contributed by atoms with Gasteiger partial charge >= 0.3 is 6.09 Å². The number of ether oxygens (including phenoxy) is 2. The van der Waals surface area contributed by atoms with Crippen molar-refractivity contribution in [1.29, 1.82) is 0 Å². The van der Waals surface area contributed by atoms with Crippen molar-refractivity contribution in [3.05, 3.63) is 29.3 Å². The fourth-order valence-corrected chi connectivity index (χ4v) is 3.45. The third-order valence-electron chi connectivity index (χ3n) is 4.38. The van der Waals surface area contributed by atoms with Gasteiger partial charge < -0.3 is 14.8 Å². The Bertz CT molecular complexity index is 586. The largest absolute Gasteiger partial charge is 0.444 e. The van der Waals surface area contributed by atoms with Crippen molar-refractivity contribution in [3.63, 3.8) is 0 Å². The zero-order chi connectivity index (χ0) is 16.5. The number of aryl methyl sites for hydroxylation is 1. The molecule has 0 aromatic heterocycles. The lowest BCUT2D eigenvalue weighted by Gasteiger charge is -2.42. The van der Waals surface area contributed by atoms with E-state index in [0.717, 1.165) is 38.1 Å². The highest BCUT2D eigenvalue weighted by molar-refractivity contribution is 5.85. The maximum atomic E-state index is 12.0. The van der Waals surface area contributed by atoms with Gasteiger partial charge in [-0.05, 0) is 63.3 Å². The van der Waals surface area contributed by atoms with Crippen LogP contribution in [0.4, 0.5) is 10.5 Å². The molecule has 1 heterocycles. The van der Waals surface area contributed by atoms with Gasteiger partial charge in [-0.1, -0.05) is 6.07 Å². The molecule has 0 radical (unpaired) electrons. The monoisotopic (exact) mass is 318 g/mol. The van der Waals surface area contributed by atoms with Crippen molar-refractivity contribution >= 4 is 11.8 Å². The molecule has 1 aliphatic carbocycles. The van der Waals surface area contributed by atoms with E-state index in [0.29, 0.717) is 6.61 Å². The van der Waals surface area contributed by atoms with Crippen LogP contribution in [0.5, 0.6) is 0 Å². The molecule has 2 aliphatic rings. The first-order valence-electron chi connectivity index (χ1n) is 8.34. The average Bonchev–Trinajstić information content (AvgIpc) is 2.47. The Hall–Kier alpha value is -1.59. The molecular weight excluding hydrogens is 292 g/mol. The van der Waals surface area contributed by atoms with E-state index in [1.165, 1.54) is 11.1 Å². The molecule has 126 valence electrons. The Morgan fingerprint density at radius 3 is 2.91 bits per heavy atom. The minimum atomic E-state index is -0.502. The van der Waals surface area contributed by atoms with E-state index in [-0.39, 0.29) is 5.54 Å². The zero-order valence-electron chi connectivity index (χ0n) is 14.2. The second-order valence-corrected chi connectivity index (χ2v) is 7.41. The number of hydrogen-bond acceptors (Lipinski definition) is 4. The molecule has 2 N–H and O–H groups in total. The molecule has 1 fully saturated rings. The SMILES string of the molecule is CC(C)(C)OC(=O)Nc1ccc2c(c1)[C@]1(CCC2)COCCN1. The highest BCUT2D eigenvalue weighted by atomic mass is 16.6. The summed E-state index contributed by atoms with van der Waals surface area (Å²) in [7, 11) is 0. The van der Waals surface area contributed by atoms with Crippen LogP contribution < -0.4 is 10.6 Å². The Balaban J connectivity index is 1.82. The molecule has 5 nitrogen and oxygen atoms in total. The second-order valence-electron chi connectivity index (χ2n) is 7.41. The van der Waals surface area contributed by atoms with Gasteiger partial charge in [0.05, 0.1) is 18.8 Å². The molecule has 1 aromatic rings. The van der Waals surface area contributed by atoms with Crippen molar-refractivity contribution in [3.8, 4) is 0 Å². The van der Waals surface area contributed by atoms with Crippen LogP contribution in [0.3, 0.4) is 0 Å². The molecule has 3 rings (SSSR count). The summed E-state index contributed by atoms with van der Waals surface area (Å²) in [5.41, 5.74) is 2.74. The summed E-state index contributed by atoms with van der Waals surface area (Å²) in [5.74, 6) is 0. The average molecular weight is 318 g/mol. The summed E-state index contributed by atoms with van der Waals surface area (Å²) in [5, 5.41) is 6.48. The van der Waals surface area contributed by atoms with Crippen LogP contribution in [-0.4, -0.2) is 31.5 Å². The standard InChI is InChI=1S/C18H26N2O3/c1-17(2,3)23-16(21)20-14-7-6-13-5-4-8-18(15(13)11-14)12-22-10-9-19-18/h6-7,11,19H,4-5,8-10,12H2,1-3H3,(H,20,21)/t18-/m0/s1. The fraction of sp³-hybridized carbons (Fsp3) is 0.611. The number of hydrogen-bond donors (Lipinski definition) is 2. The van der Waals surface area contributed by atoms with E-state index in [4.69, 9.17) is 9.47 Å². The molecule has 1 aromatic carbocycles. The number of carbonyl (C=O) groups is 1. The van der Waals surface area contributed by atoms with Gasteiger partial charge in [-0.3, -0.25) is 5.32 Å². The first-order chi connectivity index (χ1) is 10.9. The minimum absolute atomic E-state index is 0.114. The maximum Gasteiger partial charge on any atom is 0.412 e. The number of benzene rings is 1. The molecule has 1 amide bonds. The third kappa shape index (κ3) is 3.67. The number of amides is 1. The van der Waals surface area contributed by atoms with Crippen LogP contribution >= 0.6 is 0 Å². The van der Waals surface area contributed by atoms with Crippen molar-refractivity contribution in [2.24, 2.45) is 0 Å². The molecule has 23 heavy (non-hydrogen) atoms. The predicted molar refractivity (Wildman–Crippen MR) is 89.7 cm³/mol. The Morgan fingerprint density at radius 2 is 2.22 bits per heavy atom. The quantitative estimate of drug-likeness (QED) is 0.835. The molecule has 0 saturated carbocycles. The van der Waals surface area contributed by atoms with Crippen LogP contribution in [0, 0.1) is 0 Å². The van der Waals surface area contributed by atoms with Crippen LogP contribution in [-0.2, 0) is 21.4 Å². The van der Waals surface area contributed by atoms with Gasteiger partial charge in [0.2, 0.25) is 0 Å². The van der Waals surface area contributed by atoms with E-state index >= 15 is 0 Å². The predicted octanol–water partition coefficient (Wildman–Crippen LogP) is 3.19. The van der Waals surface area contributed by atoms with Crippen molar-refractivity contribution < 1.29 is 14.3 Å². The number of morpholine rings is 1. The van der Waals surface area contributed by atoms with Crippen LogP contribution in [0.15, 0.2) is 18.2 Å². The van der Waals surface area contributed by atoms with Crippen LogP contribution in [0.25, 0.3) is 0 Å². The Labute approximate surface area is 137 Å². The Morgan fingerprint density at radius 1 is 1.39 bits per heavy atom. The van der Waals surface area contributed by atoms with E-state index in [1.54, 1.807) is 0 Å². The zero-order valence-corrected chi connectivity index (χ0v) is 14.2. The molecular formula is C18H26N2O3. The molecule has 1 atom stereocenters. The summed E-state index contributed by atoms with van der Waals surface area (Å²) in [6, 6.07) is 6.13. The van der Waals surface area contributed by atoms with Gasteiger partial charge in [-0.2, -0.15) is 0 Å². The Kier molecular flexibility index (Phi) is 4.34. The smallest absolute Gasteiger partial charge is 0.412 e. The number of nitrogens with one attached hydrogen (secondary N) is 2. The topological polar surface area (TPSA) is 59.6 Å². The van der Waals surface area contributed by atoms with E-state index < -0.39 is 11.7 Å². The highest BCUT2D eigenvalue weighted by Gasteiger charge is 2.38. The highest BCUT2D eigenvalue weighted by Crippen LogP contribution is 2.38. The van der Waals surface area contributed by atoms with Crippen molar-refractivity contribution in [2.45, 2.75) is 51.2 Å². The third-order valence-corrected chi connectivity index (χ3v) is 4.38. The lowest BCUT2D eigenvalue weighted by molar-refractivity contribution is 0.0170. The normalized spacial score (nSPS) is 24.1. The molecule has 1 aliphatic heterocycles. The van der Waals surface area contributed by atoms with Gasteiger partial charge in [-0.25, -0.2) is 4.79 Å². The van der Waals surface area contributed by atoms with Crippen molar-refractivity contribution in [2.75, 3.05) is 25.1 Å². The van der Waals surface area contributed by atoms with Gasteiger partial charge in [-0.15, -0.1) is 0 Å². The number of anilines is 1. The number of rotatable bonds is 1. The molecule has 1 saturated heterocycles. The van der Waals surface area contributed by atoms with Crippen LogP contribution in [0.2, 0.25) is 0 Å². The van der Waals surface area contributed by atoms with E-state index in [2.05, 4.69) is 22.8 Å². The molecule has 1 spiro atoms. The summed E-state index contributed by atoms with van der Waals surface area (Å²) in [6.07, 6.45) is 2.87. The van der Waals surface area contributed by atoms with E-state index in [1.807, 2.05) is 26.8 Å². The molecule has 0 bridgehead atoms. The second kappa shape index (κ2) is 6.13. The summed E-state index contributed by atoms with van der Waals surface area (Å²) >= 11 is 0. The number of carbonyl (C=O) groups excluding carboxylic acids is 1. The first-order valence-corrected chi connectivity index (χ1v) is 8.34. The van der Waals surface area contributed by atoms with E-state index in [9.17, 15) is 4.79 Å².